The van der Waals surface area contributed by atoms with Crippen molar-refractivity contribution in [2.75, 3.05) is 19.5 Å². The van der Waals surface area contributed by atoms with Gasteiger partial charge >= 0.3 is 0 Å². The smallest absolute Gasteiger partial charge is 0.248 e. The fourth-order valence-corrected chi connectivity index (χ4v) is 3.97. The van der Waals surface area contributed by atoms with Gasteiger partial charge in [0.1, 0.15) is 11.5 Å². The predicted molar refractivity (Wildman–Crippen MR) is 107 cm³/mol. The van der Waals surface area contributed by atoms with E-state index < -0.39 is 0 Å². The summed E-state index contributed by atoms with van der Waals surface area (Å²) in [5.41, 5.74) is 1.45. The Labute approximate surface area is 165 Å². The summed E-state index contributed by atoms with van der Waals surface area (Å²) >= 11 is 10.2. The first kappa shape index (κ1) is 19.0. The van der Waals surface area contributed by atoms with Gasteiger partial charge in [-0.15, -0.1) is 0 Å². The van der Waals surface area contributed by atoms with Crippen LogP contribution in [0.15, 0.2) is 49.8 Å². The number of carbonyl (C=O) groups is 1. The number of ether oxygens (including phenoxy) is 2. The predicted octanol–water partition coefficient (Wildman–Crippen LogP) is 5.64. The van der Waals surface area contributed by atoms with E-state index in [1.807, 2.05) is 12.1 Å². The van der Waals surface area contributed by atoms with Crippen molar-refractivity contribution in [3.8, 4) is 11.5 Å². The zero-order chi connectivity index (χ0) is 17.7. The van der Waals surface area contributed by atoms with Crippen LogP contribution < -0.4 is 14.8 Å². The van der Waals surface area contributed by atoms with Crippen LogP contribution in [0.25, 0.3) is 6.08 Å². The number of benzene rings is 2. The Kier molecular flexibility index (Phi) is 6.89. The molecular formula is C17H14Br3NO3. The standard InChI is InChI=1S/C17H14Br3NO3/c1-23-15-5-4-12(9-13(15)19)21-16(22)6-3-10-7-11(18)8-14(20)17(10)24-2/h3-9H,1-2H3,(H,21,22)/b6-3+. The summed E-state index contributed by atoms with van der Waals surface area (Å²) in [5, 5.41) is 2.80. The second kappa shape index (κ2) is 8.69. The van der Waals surface area contributed by atoms with Crippen LogP contribution in [0.3, 0.4) is 0 Å². The number of anilines is 1. The summed E-state index contributed by atoms with van der Waals surface area (Å²) < 4.78 is 13.0. The minimum atomic E-state index is -0.245. The van der Waals surface area contributed by atoms with Crippen LogP contribution in [0.2, 0.25) is 0 Å². The van der Waals surface area contributed by atoms with Gasteiger partial charge < -0.3 is 14.8 Å². The molecule has 2 aromatic carbocycles. The summed E-state index contributed by atoms with van der Waals surface area (Å²) in [5.74, 6) is 1.12. The van der Waals surface area contributed by atoms with Gasteiger partial charge in [0.15, 0.2) is 0 Å². The Morgan fingerprint density at radius 3 is 2.42 bits per heavy atom. The number of amides is 1. The van der Waals surface area contributed by atoms with Crippen LogP contribution in [0.1, 0.15) is 5.56 Å². The fraction of sp³-hybridized carbons (Fsp3) is 0.118. The van der Waals surface area contributed by atoms with Crippen LogP contribution in [0.4, 0.5) is 5.69 Å². The van der Waals surface area contributed by atoms with E-state index >= 15 is 0 Å². The maximum atomic E-state index is 12.1. The van der Waals surface area contributed by atoms with Crippen molar-refractivity contribution < 1.29 is 14.3 Å². The molecule has 0 aliphatic carbocycles. The topological polar surface area (TPSA) is 47.6 Å². The van der Waals surface area contributed by atoms with Gasteiger partial charge in [-0.1, -0.05) is 15.9 Å². The van der Waals surface area contributed by atoms with Gasteiger partial charge in [0.05, 0.1) is 23.2 Å². The lowest BCUT2D eigenvalue weighted by atomic mass is 10.2. The molecule has 0 aliphatic heterocycles. The van der Waals surface area contributed by atoms with E-state index in [1.54, 1.807) is 38.5 Å². The highest BCUT2D eigenvalue weighted by molar-refractivity contribution is 9.11. The zero-order valence-electron chi connectivity index (χ0n) is 12.9. The maximum Gasteiger partial charge on any atom is 0.248 e. The maximum absolute atomic E-state index is 12.1. The molecule has 1 amide bonds. The molecule has 0 radical (unpaired) electrons. The Hall–Kier alpha value is -1.31. The lowest BCUT2D eigenvalue weighted by Gasteiger charge is -2.09. The molecule has 0 unspecified atom stereocenters. The molecule has 0 aromatic heterocycles. The molecule has 24 heavy (non-hydrogen) atoms. The van der Waals surface area contributed by atoms with E-state index in [9.17, 15) is 4.79 Å². The average Bonchev–Trinajstić information content (AvgIpc) is 2.52. The fourth-order valence-electron chi connectivity index (χ4n) is 2.01. The lowest BCUT2D eigenvalue weighted by molar-refractivity contribution is -0.111. The Bertz CT molecular complexity index is 791. The third kappa shape index (κ3) is 4.84. The molecule has 0 heterocycles. The first-order chi connectivity index (χ1) is 11.4. The normalized spacial score (nSPS) is 10.7. The third-order valence-corrected chi connectivity index (χ3v) is 4.74. The number of nitrogens with one attached hydrogen (secondary N) is 1. The highest BCUT2D eigenvalue weighted by Crippen LogP contribution is 2.33. The average molecular weight is 520 g/mol. The van der Waals surface area contributed by atoms with Crippen molar-refractivity contribution in [2.45, 2.75) is 0 Å². The lowest BCUT2D eigenvalue weighted by Crippen LogP contribution is -2.07. The van der Waals surface area contributed by atoms with E-state index in [-0.39, 0.29) is 5.91 Å². The Morgan fingerprint density at radius 1 is 1.04 bits per heavy atom. The quantitative estimate of drug-likeness (QED) is 0.520. The Morgan fingerprint density at radius 2 is 1.79 bits per heavy atom. The monoisotopic (exact) mass is 517 g/mol. The van der Waals surface area contributed by atoms with Gasteiger partial charge in [-0.3, -0.25) is 4.79 Å². The van der Waals surface area contributed by atoms with Gasteiger partial charge in [-0.05, 0) is 68.3 Å². The number of hydrogen-bond acceptors (Lipinski definition) is 3. The van der Waals surface area contributed by atoms with E-state index in [2.05, 4.69) is 53.1 Å². The number of rotatable bonds is 5. The molecule has 2 aromatic rings. The minimum absolute atomic E-state index is 0.245. The van der Waals surface area contributed by atoms with Crippen molar-refractivity contribution in [3.05, 3.63) is 55.4 Å². The van der Waals surface area contributed by atoms with E-state index in [0.717, 1.165) is 19.0 Å². The van der Waals surface area contributed by atoms with Gasteiger partial charge in [0.25, 0.3) is 0 Å². The van der Waals surface area contributed by atoms with Crippen LogP contribution >= 0.6 is 47.8 Å². The molecule has 2 rings (SSSR count). The molecule has 1 N–H and O–H groups in total. The van der Waals surface area contributed by atoms with Gasteiger partial charge in [0, 0.05) is 21.8 Å². The first-order valence-electron chi connectivity index (χ1n) is 6.80. The number of hydrogen-bond donors (Lipinski definition) is 1. The van der Waals surface area contributed by atoms with Gasteiger partial charge in [-0.2, -0.15) is 0 Å². The summed E-state index contributed by atoms with van der Waals surface area (Å²) in [7, 11) is 3.17. The minimum Gasteiger partial charge on any atom is -0.496 e. The summed E-state index contributed by atoms with van der Waals surface area (Å²) in [6.45, 7) is 0. The second-order valence-electron chi connectivity index (χ2n) is 4.68. The highest BCUT2D eigenvalue weighted by atomic mass is 79.9. The number of carbonyl (C=O) groups excluding carboxylic acids is 1. The summed E-state index contributed by atoms with van der Waals surface area (Å²) in [6, 6.07) is 9.08. The van der Waals surface area contributed by atoms with Crippen molar-refractivity contribution in [2.24, 2.45) is 0 Å². The molecule has 0 atom stereocenters. The van der Waals surface area contributed by atoms with Crippen molar-refractivity contribution in [3.63, 3.8) is 0 Å². The SMILES string of the molecule is COc1ccc(NC(=O)/C=C/c2cc(Br)cc(Br)c2OC)cc1Br. The first-order valence-corrected chi connectivity index (χ1v) is 9.18. The number of methoxy groups -OCH3 is 2. The summed E-state index contributed by atoms with van der Waals surface area (Å²) in [6.07, 6.45) is 3.15. The molecule has 0 fully saturated rings. The molecule has 0 saturated heterocycles. The largest absolute Gasteiger partial charge is 0.496 e. The van der Waals surface area contributed by atoms with Crippen LogP contribution in [0, 0.1) is 0 Å². The van der Waals surface area contributed by atoms with Crippen LogP contribution in [-0.2, 0) is 4.79 Å². The van der Waals surface area contributed by atoms with Crippen LogP contribution in [-0.4, -0.2) is 20.1 Å². The molecule has 126 valence electrons. The number of halogens is 3. The third-order valence-electron chi connectivity index (χ3n) is 3.07. The van der Waals surface area contributed by atoms with Crippen molar-refractivity contribution in [1.82, 2.24) is 0 Å². The molecule has 7 heteroatoms. The molecular weight excluding hydrogens is 506 g/mol. The van der Waals surface area contributed by atoms with Crippen LogP contribution in [0.5, 0.6) is 11.5 Å². The molecule has 4 nitrogen and oxygen atoms in total. The molecule has 0 spiro atoms. The second-order valence-corrected chi connectivity index (χ2v) is 7.31. The van der Waals surface area contributed by atoms with E-state index in [4.69, 9.17) is 9.47 Å². The summed E-state index contributed by atoms with van der Waals surface area (Å²) in [4.78, 5) is 12.1. The molecule has 0 aliphatic rings. The van der Waals surface area contributed by atoms with Crippen molar-refractivity contribution >= 4 is 65.5 Å². The van der Waals surface area contributed by atoms with E-state index in [0.29, 0.717) is 17.2 Å². The molecule has 0 bridgehead atoms. The highest BCUT2D eigenvalue weighted by Gasteiger charge is 2.08. The van der Waals surface area contributed by atoms with Gasteiger partial charge in [0.2, 0.25) is 5.91 Å². The zero-order valence-corrected chi connectivity index (χ0v) is 17.7. The Balaban J connectivity index is 2.15. The van der Waals surface area contributed by atoms with Crippen molar-refractivity contribution in [1.29, 1.82) is 0 Å². The molecule has 0 saturated carbocycles. The van der Waals surface area contributed by atoms with Gasteiger partial charge in [-0.25, -0.2) is 0 Å². The van der Waals surface area contributed by atoms with E-state index in [1.165, 1.54) is 6.08 Å².